The monoisotopic (exact) mass is 406 g/mol. The van der Waals surface area contributed by atoms with Crippen LogP contribution in [-0.4, -0.2) is 38.6 Å². The van der Waals surface area contributed by atoms with Gasteiger partial charge in [0, 0.05) is 19.0 Å². The number of hydrogen-bond acceptors (Lipinski definition) is 5. The lowest BCUT2D eigenvalue weighted by Gasteiger charge is -2.14. The lowest BCUT2D eigenvalue weighted by Crippen LogP contribution is -2.33. The summed E-state index contributed by atoms with van der Waals surface area (Å²) in [5, 5.41) is 19.0. The predicted octanol–water partition coefficient (Wildman–Crippen LogP) is 2.45. The Balaban J connectivity index is 1.81. The highest BCUT2D eigenvalue weighted by Gasteiger charge is 2.35. The third kappa shape index (κ3) is 7.46. The van der Waals surface area contributed by atoms with E-state index in [0.29, 0.717) is 6.42 Å². The highest BCUT2D eigenvalue weighted by molar-refractivity contribution is 5.29. The average Bonchev–Trinajstić information content (AvgIpc) is 3.08. The van der Waals surface area contributed by atoms with E-state index in [1.807, 2.05) is 0 Å². The van der Waals surface area contributed by atoms with Gasteiger partial charge in [-0.05, 0) is 6.42 Å². The molecule has 29 heavy (non-hydrogen) atoms. The van der Waals surface area contributed by atoms with Crippen LogP contribution in [0.1, 0.15) is 89.3 Å². The smallest absolute Gasteiger partial charge is 0.330 e. The lowest BCUT2D eigenvalue weighted by atomic mass is 10.1. The maximum absolute atomic E-state index is 12.1. The first-order valence-electron chi connectivity index (χ1n) is 10.9. The number of unbranched alkanes of at least 4 members (excludes halogenated alkanes) is 9. The van der Waals surface area contributed by atoms with Crippen LogP contribution in [0.2, 0.25) is 0 Å². The molecule has 1 aliphatic heterocycles. The van der Waals surface area contributed by atoms with Crippen molar-refractivity contribution in [3.05, 3.63) is 32.6 Å². The van der Waals surface area contributed by atoms with Crippen LogP contribution >= 0.6 is 0 Å². The first-order chi connectivity index (χ1) is 14.1. The van der Waals surface area contributed by atoms with Crippen LogP contribution in [-0.2, 0) is 4.74 Å². The quantitative estimate of drug-likeness (QED) is 0.387. The molecule has 2 rings (SSSR count). The number of H-pyrrole nitrogens is 1. The van der Waals surface area contributed by atoms with Gasteiger partial charge in [0.2, 0.25) is 0 Å². The third-order valence-electron chi connectivity index (χ3n) is 5.29. The van der Waals surface area contributed by atoms with Crippen molar-refractivity contribution >= 4 is 0 Å². The first-order valence-corrected chi connectivity index (χ1v) is 10.9. The first kappa shape index (κ1) is 23.4. The molecule has 0 unspecified atom stereocenters. The van der Waals surface area contributed by atoms with E-state index < -0.39 is 29.7 Å². The van der Waals surface area contributed by atoms with Gasteiger partial charge in [0.15, 0.2) is 0 Å². The topological polar surface area (TPSA) is 105 Å². The Morgan fingerprint density at radius 3 is 2.41 bits per heavy atom. The molecule has 1 aromatic heterocycles. The molecule has 0 spiro atoms. The van der Waals surface area contributed by atoms with E-state index in [-0.39, 0.29) is 18.6 Å². The molecule has 2 heterocycles. The molecule has 0 aromatic carbocycles. The molecule has 3 atom stereocenters. The predicted molar refractivity (Wildman–Crippen MR) is 112 cm³/mol. The summed E-state index contributed by atoms with van der Waals surface area (Å²) >= 11 is 0. The molecule has 1 fully saturated rings. The molecule has 0 bridgehead atoms. The van der Waals surface area contributed by atoms with Crippen molar-refractivity contribution in [2.75, 3.05) is 6.61 Å². The summed E-state index contributed by atoms with van der Waals surface area (Å²) in [7, 11) is 0. The molecule has 1 aromatic rings. The van der Waals surface area contributed by atoms with E-state index in [4.69, 9.17) is 4.74 Å². The maximum Gasteiger partial charge on any atom is 0.330 e. The normalized spacial score (nSPS) is 21.1. The standard InChI is InChI=1S/C22H34N2O5/c1-2-3-4-5-6-7-8-9-10-11-12-13-17-15-24(22(28)23-21(17)27)20-14-18(26)19(16-25)29-20/h15,18-20,25-26H,2-11,14,16H2,1H3,(H,23,27,28)/t18-,19+,20+/m0/s1. The van der Waals surface area contributed by atoms with Gasteiger partial charge >= 0.3 is 5.69 Å². The fourth-order valence-corrected chi connectivity index (χ4v) is 3.52. The molecule has 7 nitrogen and oxygen atoms in total. The van der Waals surface area contributed by atoms with Crippen LogP contribution in [0, 0.1) is 11.8 Å². The lowest BCUT2D eigenvalue weighted by molar-refractivity contribution is -0.0459. The van der Waals surface area contributed by atoms with Crippen molar-refractivity contribution in [2.45, 2.75) is 96.0 Å². The Labute approximate surface area is 172 Å². The number of aliphatic hydroxyl groups is 2. The van der Waals surface area contributed by atoms with Crippen molar-refractivity contribution in [1.29, 1.82) is 0 Å². The molecule has 1 aliphatic rings. The van der Waals surface area contributed by atoms with Gasteiger partial charge in [0.1, 0.15) is 17.9 Å². The highest BCUT2D eigenvalue weighted by atomic mass is 16.5. The van der Waals surface area contributed by atoms with Crippen LogP contribution in [0.15, 0.2) is 15.8 Å². The minimum atomic E-state index is -0.856. The van der Waals surface area contributed by atoms with Crippen LogP contribution in [0.3, 0.4) is 0 Å². The largest absolute Gasteiger partial charge is 0.394 e. The molecule has 0 saturated carbocycles. The van der Waals surface area contributed by atoms with Gasteiger partial charge in [0.05, 0.1) is 12.7 Å². The number of rotatable bonds is 11. The Morgan fingerprint density at radius 2 is 1.79 bits per heavy atom. The molecule has 0 aliphatic carbocycles. The second-order valence-electron chi connectivity index (χ2n) is 7.70. The van der Waals surface area contributed by atoms with Gasteiger partial charge in [-0.2, -0.15) is 0 Å². The summed E-state index contributed by atoms with van der Waals surface area (Å²) < 4.78 is 6.71. The zero-order chi connectivity index (χ0) is 21.1. The van der Waals surface area contributed by atoms with Gasteiger partial charge in [-0.15, -0.1) is 0 Å². The Hall–Kier alpha value is -1.88. The van der Waals surface area contributed by atoms with E-state index in [0.717, 1.165) is 12.8 Å². The summed E-state index contributed by atoms with van der Waals surface area (Å²) in [4.78, 5) is 26.3. The van der Waals surface area contributed by atoms with Gasteiger partial charge in [-0.3, -0.25) is 14.3 Å². The molecule has 1 saturated heterocycles. The molecule has 7 heteroatoms. The Kier molecular flexibility index (Phi) is 10.2. The zero-order valence-corrected chi connectivity index (χ0v) is 17.4. The number of aromatic amines is 1. The van der Waals surface area contributed by atoms with Crippen LogP contribution < -0.4 is 11.2 Å². The van der Waals surface area contributed by atoms with E-state index in [1.54, 1.807) is 0 Å². The average molecular weight is 407 g/mol. The number of aromatic nitrogens is 2. The summed E-state index contributed by atoms with van der Waals surface area (Å²) in [6.07, 6.45) is 11.1. The second-order valence-corrected chi connectivity index (χ2v) is 7.70. The van der Waals surface area contributed by atoms with Crippen LogP contribution in [0.5, 0.6) is 0 Å². The molecule has 0 amide bonds. The van der Waals surface area contributed by atoms with Crippen molar-refractivity contribution in [2.24, 2.45) is 0 Å². The Morgan fingerprint density at radius 1 is 1.14 bits per heavy atom. The molecular formula is C22H34N2O5. The SMILES string of the molecule is CCCCCCCCCCCC#Cc1cn([C@H]2C[C@H](O)[C@@H](CO)O2)c(=O)[nH]c1=O. The van der Waals surface area contributed by atoms with Gasteiger partial charge in [0.25, 0.3) is 5.56 Å². The Bertz CT molecular complexity index is 789. The van der Waals surface area contributed by atoms with E-state index >= 15 is 0 Å². The number of nitrogens with zero attached hydrogens (tertiary/aromatic N) is 1. The van der Waals surface area contributed by atoms with Crippen molar-refractivity contribution < 1.29 is 14.9 Å². The number of ether oxygens (including phenoxy) is 1. The molecule has 3 N–H and O–H groups in total. The molecule has 0 radical (unpaired) electrons. The van der Waals surface area contributed by atoms with Crippen molar-refractivity contribution in [3.63, 3.8) is 0 Å². The van der Waals surface area contributed by atoms with Gasteiger partial charge < -0.3 is 14.9 Å². The van der Waals surface area contributed by atoms with E-state index in [1.165, 1.54) is 55.7 Å². The number of aliphatic hydroxyl groups excluding tert-OH is 2. The van der Waals surface area contributed by atoms with E-state index in [2.05, 4.69) is 23.7 Å². The minimum Gasteiger partial charge on any atom is -0.394 e. The summed E-state index contributed by atoms with van der Waals surface area (Å²) in [6, 6.07) is 0. The summed E-state index contributed by atoms with van der Waals surface area (Å²) in [5.41, 5.74) is -0.940. The summed E-state index contributed by atoms with van der Waals surface area (Å²) in [5.74, 6) is 5.86. The fraction of sp³-hybridized carbons (Fsp3) is 0.727. The van der Waals surface area contributed by atoms with Gasteiger partial charge in [-0.1, -0.05) is 70.1 Å². The maximum atomic E-state index is 12.1. The molecular weight excluding hydrogens is 372 g/mol. The van der Waals surface area contributed by atoms with Crippen LogP contribution in [0.4, 0.5) is 0 Å². The molecule has 162 valence electrons. The summed E-state index contributed by atoms with van der Waals surface area (Å²) in [6.45, 7) is 1.89. The van der Waals surface area contributed by atoms with Gasteiger partial charge in [-0.25, -0.2) is 4.79 Å². The van der Waals surface area contributed by atoms with Crippen LogP contribution in [0.25, 0.3) is 0 Å². The zero-order valence-electron chi connectivity index (χ0n) is 17.4. The second kappa shape index (κ2) is 12.6. The minimum absolute atomic E-state index is 0.169. The van der Waals surface area contributed by atoms with E-state index in [9.17, 15) is 19.8 Å². The number of nitrogens with one attached hydrogen (secondary N) is 1. The van der Waals surface area contributed by atoms with Crippen molar-refractivity contribution in [1.82, 2.24) is 9.55 Å². The highest BCUT2D eigenvalue weighted by Crippen LogP contribution is 2.27. The van der Waals surface area contributed by atoms with Crippen molar-refractivity contribution in [3.8, 4) is 11.8 Å². The number of hydrogen-bond donors (Lipinski definition) is 3. The third-order valence-corrected chi connectivity index (χ3v) is 5.29. The fourth-order valence-electron chi connectivity index (χ4n) is 3.52.